The number of nitrogens with one attached hydrogen (secondary N) is 3. The number of benzene rings is 1. The van der Waals surface area contributed by atoms with Crippen LogP contribution in [0.5, 0.6) is 0 Å². The average molecular weight is 514 g/mol. The van der Waals surface area contributed by atoms with Gasteiger partial charge in [0.05, 0.1) is 0 Å². The third-order valence-corrected chi connectivity index (χ3v) is 5.01. The Morgan fingerprint density at radius 2 is 1.89 bits per heavy atom. The number of amides is 1. The van der Waals surface area contributed by atoms with Crippen molar-refractivity contribution in [3.8, 4) is 0 Å². The second-order valence-corrected chi connectivity index (χ2v) is 7.92. The lowest BCUT2D eigenvalue weighted by atomic mass is 10.1. The number of rotatable bonds is 9. The maximum Gasteiger partial charge on any atom is 0.241 e. The monoisotopic (exact) mass is 514 g/mol. The fourth-order valence-corrected chi connectivity index (χ4v) is 3.72. The molecule has 0 bridgehead atoms. The summed E-state index contributed by atoms with van der Waals surface area (Å²) in [5.41, 5.74) is 1.22. The predicted molar refractivity (Wildman–Crippen MR) is 130 cm³/mol. The molecule has 0 aliphatic carbocycles. The summed E-state index contributed by atoms with van der Waals surface area (Å²) in [7, 11) is 0. The molecule has 0 saturated carbocycles. The average Bonchev–Trinajstić information content (AvgIpc) is 3.05. The molecule has 1 atom stereocenters. The number of carbonyl (C=O) groups excluding carboxylic acids is 1. The van der Waals surface area contributed by atoms with Crippen molar-refractivity contribution in [1.82, 2.24) is 16.0 Å². The predicted octanol–water partition coefficient (Wildman–Crippen LogP) is 3.52. The van der Waals surface area contributed by atoms with E-state index in [1.807, 2.05) is 36.5 Å². The molecule has 0 aliphatic rings. The summed E-state index contributed by atoms with van der Waals surface area (Å²) < 4.78 is 0. The summed E-state index contributed by atoms with van der Waals surface area (Å²) in [6.45, 7) is 7.76. The van der Waals surface area contributed by atoms with Gasteiger partial charge < -0.3 is 16.0 Å². The zero-order valence-electron chi connectivity index (χ0n) is 16.8. The van der Waals surface area contributed by atoms with Gasteiger partial charge in [0.1, 0.15) is 6.54 Å². The van der Waals surface area contributed by atoms with Gasteiger partial charge in [0.2, 0.25) is 5.91 Å². The van der Waals surface area contributed by atoms with Crippen LogP contribution in [-0.2, 0) is 17.6 Å². The SMILES string of the molecule is CCNC(=NCC(=O)NCCc1ccccc1)NC(C)Cc1ccc(C)s1.I. The van der Waals surface area contributed by atoms with Crippen LogP contribution < -0.4 is 16.0 Å². The first kappa shape index (κ1) is 24.4. The zero-order chi connectivity index (χ0) is 19.5. The van der Waals surface area contributed by atoms with Crippen molar-refractivity contribution in [3.05, 3.63) is 57.8 Å². The van der Waals surface area contributed by atoms with E-state index in [1.54, 1.807) is 0 Å². The Kier molecular flexibility index (Phi) is 11.8. The van der Waals surface area contributed by atoms with Gasteiger partial charge >= 0.3 is 0 Å². The van der Waals surface area contributed by atoms with E-state index in [0.717, 1.165) is 19.4 Å². The fraction of sp³-hybridized carbons (Fsp3) is 0.429. The van der Waals surface area contributed by atoms with Gasteiger partial charge in [-0.2, -0.15) is 0 Å². The molecule has 28 heavy (non-hydrogen) atoms. The normalized spacial score (nSPS) is 12.0. The van der Waals surface area contributed by atoms with Crippen molar-refractivity contribution in [1.29, 1.82) is 0 Å². The highest BCUT2D eigenvalue weighted by molar-refractivity contribution is 14.0. The number of hydrogen-bond donors (Lipinski definition) is 3. The summed E-state index contributed by atoms with van der Waals surface area (Å²) in [6, 6.07) is 14.7. The molecule has 7 heteroatoms. The highest BCUT2D eigenvalue weighted by Gasteiger charge is 2.08. The van der Waals surface area contributed by atoms with Crippen LogP contribution in [0, 0.1) is 6.92 Å². The van der Waals surface area contributed by atoms with E-state index in [9.17, 15) is 4.79 Å². The van der Waals surface area contributed by atoms with Gasteiger partial charge in [-0.15, -0.1) is 35.3 Å². The minimum atomic E-state index is -0.0651. The van der Waals surface area contributed by atoms with Gasteiger partial charge in [-0.3, -0.25) is 4.79 Å². The minimum absolute atomic E-state index is 0. The fourth-order valence-electron chi connectivity index (χ4n) is 2.70. The van der Waals surface area contributed by atoms with Crippen LogP contribution >= 0.6 is 35.3 Å². The molecule has 5 nitrogen and oxygen atoms in total. The number of halogens is 1. The van der Waals surface area contributed by atoms with Crippen molar-refractivity contribution < 1.29 is 4.79 Å². The number of guanidine groups is 1. The van der Waals surface area contributed by atoms with Gasteiger partial charge in [-0.1, -0.05) is 30.3 Å². The van der Waals surface area contributed by atoms with E-state index in [1.165, 1.54) is 15.3 Å². The molecule has 3 N–H and O–H groups in total. The highest BCUT2D eigenvalue weighted by atomic mass is 127. The molecule has 0 fully saturated rings. The summed E-state index contributed by atoms with van der Waals surface area (Å²) >= 11 is 1.82. The number of carbonyl (C=O) groups is 1. The van der Waals surface area contributed by atoms with Crippen molar-refractivity contribution in [3.63, 3.8) is 0 Å². The molecule has 1 unspecified atom stereocenters. The first-order chi connectivity index (χ1) is 13.1. The number of aliphatic imine (C=N–C) groups is 1. The molecule has 1 amide bonds. The zero-order valence-corrected chi connectivity index (χ0v) is 20.0. The molecular weight excluding hydrogens is 483 g/mol. The van der Waals surface area contributed by atoms with Gasteiger partial charge in [0, 0.05) is 35.3 Å². The third-order valence-electron chi connectivity index (χ3n) is 3.99. The number of thiophene rings is 1. The first-order valence-electron chi connectivity index (χ1n) is 9.47. The first-order valence-corrected chi connectivity index (χ1v) is 10.3. The maximum atomic E-state index is 12.0. The molecule has 2 aromatic rings. The maximum absolute atomic E-state index is 12.0. The lowest BCUT2D eigenvalue weighted by molar-refractivity contribution is -0.119. The van der Waals surface area contributed by atoms with Gasteiger partial charge in [0.25, 0.3) is 0 Å². The summed E-state index contributed by atoms with van der Waals surface area (Å²) in [5, 5.41) is 9.51. The topological polar surface area (TPSA) is 65.5 Å². The second kappa shape index (κ2) is 13.5. The molecule has 1 heterocycles. The van der Waals surface area contributed by atoms with Crippen molar-refractivity contribution in [2.75, 3.05) is 19.6 Å². The van der Waals surface area contributed by atoms with Crippen LogP contribution in [0.25, 0.3) is 0 Å². The Hall–Kier alpha value is -1.61. The van der Waals surface area contributed by atoms with Gasteiger partial charge in [0.15, 0.2) is 5.96 Å². The molecule has 0 aliphatic heterocycles. The van der Waals surface area contributed by atoms with E-state index in [-0.39, 0.29) is 42.5 Å². The van der Waals surface area contributed by atoms with Crippen LogP contribution in [-0.4, -0.2) is 37.5 Å². The summed E-state index contributed by atoms with van der Waals surface area (Å²) in [4.78, 5) is 19.1. The van der Waals surface area contributed by atoms with Crippen LogP contribution in [0.1, 0.15) is 29.2 Å². The number of hydrogen-bond acceptors (Lipinski definition) is 3. The quantitative estimate of drug-likeness (QED) is 0.273. The Morgan fingerprint density at radius 1 is 1.14 bits per heavy atom. The lowest BCUT2D eigenvalue weighted by Gasteiger charge is -2.17. The van der Waals surface area contributed by atoms with Crippen molar-refractivity contribution in [2.24, 2.45) is 4.99 Å². The molecular formula is C21H31IN4OS. The number of aryl methyl sites for hydroxylation is 1. The molecule has 0 saturated heterocycles. The van der Waals surface area contributed by atoms with Crippen LogP contribution in [0.4, 0.5) is 0 Å². The van der Waals surface area contributed by atoms with E-state index in [4.69, 9.17) is 0 Å². The third kappa shape index (κ3) is 9.54. The molecule has 154 valence electrons. The molecule has 2 rings (SSSR count). The van der Waals surface area contributed by atoms with E-state index in [0.29, 0.717) is 12.5 Å². The highest BCUT2D eigenvalue weighted by Crippen LogP contribution is 2.16. The standard InChI is InChI=1S/C21H30N4OS.HI/c1-4-22-21(25-16(2)14-19-11-10-17(3)27-19)24-15-20(26)23-13-12-18-8-6-5-7-9-18;/h5-11,16H,4,12-15H2,1-3H3,(H,23,26)(H2,22,24,25);1H. The van der Waals surface area contributed by atoms with Gasteiger partial charge in [-0.25, -0.2) is 4.99 Å². The molecule has 1 aromatic carbocycles. The Bertz CT molecular complexity index is 733. The lowest BCUT2D eigenvalue weighted by Crippen LogP contribution is -2.43. The van der Waals surface area contributed by atoms with Crippen LogP contribution in [0.3, 0.4) is 0 Å². The van der Waals surface area contributed by atoms with Crippen molar-refractivity contribution in [2.45, 2.75) is 39.7 Å². The molecule has 0 radical (unpaired) electrons. The Labute approximate surface area is 189 Å². The van der Waals surface area contributed by atoms with Crippen molar-refractivity contribution >= 4 is 47.2 Å². The van der Waals surface area contributed by atoms with E-state index in [2.05, 4.69) is 59.1 Å². The molecule has 0 spiro atoms. The largest absolute Gasteiger partial charge is 0.357 e. The number of nitrogens with zero attached hydrogens (tertiary/aromatic N) is 1. The van der Waals surface area contributed by atoms with Crippen LogP contribution in [0.2, 0.25) is 0 Å². The van der Waals surface area contributed by atoms with E-state index < -0.39 is 0 Å². The Morgan fingerprint density at radius 3 is 2.54 bits per heavy atom. The second-order valence-electron chi connectivity index (χ2n) is 6.54. The van der Waals surface area contributed by atoms with E-state index >= 15 is 0 Å². The summed E-state index contributed by atoms with van der Waals surface area (Å²) in [5.74, 6) is 0.612. The van der Waals surface area contributed by atoms with Gasteiger partial charge in [-0.05, 0) is 44.9 Å². The molecule has 1 aromatic heterocycles. The summed E-state index contributed by atoms with van der Waals surface area (Å²) in [6.07, 6.45) is 1.76. The minimum Gasteiger partial charge on any atom is -0.357 e. The Balaban J connectivity index is 0.00000392. The van der Waals surface area contributed by atoms with Crippen LogP contribution in [0.15, 0.2) is 47.5 Å². The smallest absolute Gasteiger partial charge is 0.241 e.